The average molecular weight is 233 g/mol. The quantitative estimate of drug-likeness (QED) is 0.619. The maximum Gasteiger partial charge on any atom is 0.274 e. The zero-order chi connectivity index (χ0) is 13.0. The lowest BCUT2D eigenvalue weighted by atomic mass is 10.1. The van der Waals surface area contributed by atoms with Crippen molar-refractivity contribution in [2.45, 2.75) is 26.8 Å². The SMILES string of the molecule is C=C(C)N(NC(C)C)C(=O)c1ccccc1N. The van der Waals surface area contributed by atoms with Crippen LogP contribution in [0, 0.1) is 0 Å². The number of anilines is 1. The number of hydrogen-bond donors (Lipinski definition) is 2. The van der Waals surface area contributed by atoms with Gasteiger partial charge in [-0.3, -0.25) is 4.79 Å². The fourth-order valence-electron chi connectivity index (χ4n) is 1.41. The number of nitrogens with two attached hydrogens (primary N) is 1. The molecule has 17 heavy (non-hydrogen) atoms. The molecule has 1 amide bonds. The summed E-state index contributed by atoms with van der Waals surface area (Å²) >= 11 is 0. The monoisotopic (exact) mass is 233 g/mol. The summed E-state index contributed by atoms with van der Waals surface area (Å²) in [5.41, 5.74) is 10.4. The smallest absolute Gasteiger partial charge is 0.274 e. The summed E-state index contributed by atoms with van der Waals surface area (Å²) in [7, 11) is 0. The number of rotatable bonds is 4. The molecule has 1 aromatic rings. The molecule has 1 aromatic carbocycles. The number of para-hydroxylation sites is 1. The topological polar surface area (TPSA) is 58.4 Å². The van der Waals surface area contributed by atoms with Crippen LogP contribution < -0.4 is 11.2 Å². The lowest BCUT2D eigenvalue weighted by Gasteiger charge is -2.26. The Bertz CT molecular complexity index is 426. The number of nitrogens with zero attached hydrogens (tertiary/aromatic N) is 1. The second-order valence-electron chi connectivity index (χ2n) is 4.25. The van der Waals surface area contributed by atoms with Gasteiger partial charge in [-0.2, -0.15) is 0 Å². The van der Waals surface area contributed by atoms with Crippen molar-refractivity contribution < 1.29 is 4.79 Å². The van der Waals surface area contributed by atoms with Gasteiger partial charge < -0.3 is 5.73 Å². The van der Waals surface area contributed by atoms with Gasteiger partial charge in [0, 0.05) is 17.4 Å². The van der Waals surface area contributed by atoms with Gasteiger partial charge in [-0.15, -0.1) is 0 Å². The van der Waals surface area contributed by atoms with Gasteiger partial charge in [0.2, 0.25) is 0 Å². The number of benzene rings is 1. The second kappa shape index (κ2) is 5.50. The van der Waals surface area contributed by atoms with Gasteiger partial charge in [0.15, 0.2) is 0 Å². The summed E-state index contributed by atoms with van der Waals surface area (Å²) in [6, 6.07) is 7.14. The van der Waals surface area contributed by atoms with E-state index in [4.69, 9.17) is 5.73 Å². The third kappa shape index (κ3) is 3.32. The fraction of sp³-hybridized carbons (Fsp3) is 0.308. The molecule has 0 heterocycles. The van der Waals surface area contributed by atoms with Crippen LogP contribution in [0.25, 0.3) is 0 Å². The van der Waals surface area contributed by atoms with Crippen molar-refractivity contribution in [2.75, 3.05) is 5.73 Å². The zero-order valence-corrected chi connectivity index (χ0v) is 10.5. The van der Waals surface area contributed by atoms with Crippen molar-refractivity contribution in [2.24, 2.45) is 0 Å². The third-order valence-electron chi connectivity index (χ3n) is 2.16. The molecular formula is C13H19N3O. The minimum atomic E-state index is -0.190. The first-order chi connectivity index (χ1) is 7.93. The van der Waals surface area contributed by atoms with E-state index >= 15 is 0 Å². The van der Waals surface area contributed by atoms with Gasteiger partial charge in [0.05, 0.1) is 5.56 Å². The standard InChI is InChI=1S/C13H19N3O/c1-9(2)15-16(10(3)4)13(17)11-7-5-6-8-12(11)14/h5-9,15H,3,14H2,1-2,4H3. The van der Waals surface area contributed by atoms with Gasteiger partial charge >= 0.3 is 0 Å². The van der Waals surface area contributed by atoms with Gasteiger partial charge in [-0.05, 0) is 32.9 Å². The molecule has 3 N–H and O–H groups in total. The third-order valence-corrected chi connectivity index (χ3v) is 2.16. The van der Waals surface area contributed by atoms with E-state index in [1.807, 2.05) is 13.8 Å². The van der Waals surface area contributed by atoms with Gasteiger partial charge in [-0.1, -0.05) is 18.7 Å². The summed E-state index contributed by atoms with van der Waals surface area (Å²) in [6.45, 7) is 9.47. The fourth-order valence-corrected chi connectivity index (χ4v) is 1.41. The Balaban J connectivity index is 3.00. The Morgan fingerprint density at radius 2 is 2.00 bits per heavy atom. The molecule has 0 unspecified atom stereocenters. The van der Waals surface area contributed by atoms with Crippen molar-refractivity contribution in [3.05, 3.63) is 42.1 Å². The molecule has 0 saturated carbocycles. The minimum absolute atomic E-state index is 0.139. The maximum absolute atomic E-state index is 12.3. The molecule has 0 aliphatic rings. The summed E-state index contributed by atoms with van der Waals surface area (Å²) in [5.74, 6) is -0.190. The van der Waals surface area contributed by atoms with Crippen LogP contribution in [0.1, 0.15) is 31.1 Å². The number of nitrogens with one attached hydrogen (secondary N) is 1. The molecule has 0 radical (unpaired) electrons. The van der Waals surface area contributed by atoms with Gasteiger partial charge in [0.25, 0.3) is 5.91 Å². The van der Waals surface area contributed by atoms with Crippen LogP contribution >= 0.6 is 0 Å². The number of hydrogen-bond acceptors (Lipinski definition) is 3. The number of carbonyl (C=O) groups excluding carboxylic acids is 1. The summed E-state index contributed by atoms with van der Waals surface area (Å²) in [4.78, 5) is 12.3. The van der Waals surface area contributed by atoms with Crippen LogP contribution in [-0.4, -0.2) is 17.0 Å². The first-order valence-electron chi connectivity index (χ1n) is 5.54. The van der Waals surface area contributed by atoms with E-state index in [0.717, 1.165) is 0 Å². The normalized spacial score (nSPS) is 10.4. The molecule has 0 spiro atoms. The molecule has 0 saturated heterocycles. The maximum atomic E-state index is 12.3. The second-order valence-corrected chi connectivity index (χ2v) is 4.25. The molecule has 4 heteroatoms. The highest BCUT2D eigenvalue weighted by Crippen LogP contribution is 2.14. The Kier molecular flexibility index (Phi) is 4.29. The molecule has 0 aliphatic carbocycles. The number of amides is 1. The van der Waals surface area contributed by atoms with Crippen molar-refractivity contribution in [1.29, 1.82) is 0 Å². The van der Waals surface area contributed by atoms with E-state index in [9.17, 15) is 4.79 Å². The van der Waals surface area contributed by atoms with E-state index in [0.29, 0.717) is 16.9 Å². The molecule has 92 valence electrons. The highest BCUT2D eigenvalue weighted by Gasteiger charge is 2.18. The molecule has 0 fully saturated rings. The van der Waals surface area contributed by atoms with Crippen LogP contribution in [0.2, 0.25) is 0 Å². The zero-order valence-electron chi connectivity index (χ0n) is 10.5. The van der Waals surface area contributed by atoms with Crippen molar-refractivity contribution in [1.82, 2.24) is 10.4 Å². The number of carbonyl (C=O) groups is 1. The van der Waals surface area contributed by atoms with Crippen molar-refractivity contribution >= 4 is 11.6 Å². The summed E-state index contributed by atoms with van der Waals surface area (Å²) in [5, 5.41) is 1.43. The Labute approximate surface area is 102 Å². The van der Waals surface area contributed by atoms with E-state index in [-0.39, 0.29) is 11.9 Å². The van der Waals surface area contributed by atoms with E-state index in [1.54, 1.807) is 31.2 Å². The highest BCUT2D eigenvalue weighted by molar-refractivity contribution is 5.99. The van der Waals surface area contributed by atoms with Crippen LogP contribution in [0.5, 0.6) is 0 Å². The highest BCUT2D eigenvalue weighted by atomic mass is 16.2. The molecular weight excluding hydrogens is 214 g/mol. The van der Waals surface area contributed by atoms with E-state index < -0.39 is 0 Å². The van der Waals surface area contributed by atoms with Crippen molar-refractivity contribution in [3.8, 4) is 0 Å². The molecule has 0 atom stereocenters. The van der Waals surface area contributed by atoms with Gasteiger partial charge in [-0.25, -0.2) is 10.4 Å². The predicted molar refractivity (Wildman–Crippen MR) is 70.1 cm³/mol. The Morgan fingerprint density at radius 1 is 1.41 bits per heavy atom. The minimum Gasteiger partial charge on any atom is -0.398 e. The van der Waals surface area contributed by atoms with Crippen LogP contribution in [0.4, 0.5) is 5.69 Å². The van der Waals surface area contributed by atoms with Crippen LogP contribution in [0.3, 0.4) is 0 Å². The van der Waals surface area contributed by atoms with Gasteiger partial charge in [0.1, 0.15) is 0 Å². The number of nitrogen functional groups attached to an aromatic ring is 1. The predicted octanol–water partition coefficient (Wildman–Crippen LogP) is 2.16. The molecule has 0 aromatic heterocycles. The number of allylic oxidation sites excluding steroid dienone is 1. The van der Waals surface area contributed by atoms with Crippen LogP contribution in [-0.2, 0) is 0 Å². The molecule has 0 bridgehead atoms. The lowest BCUT2D eigenvalue weighted by molar-refractivity contribution is 0.0714. The number of hydrazine groups is 1. The largest absolute Gasteiger partial charge is 0.398 e. The summed E-state index contributed by atoms with van der Waals surface area (Å²) < 4.78 is 0. The molecule has 4 nitrogen and oxygen atoms in total. The van der Waals surface area contributed by atoms with Crippen molar-refractivity contribution in [3.63, 3.8) is 0 Å². The molecule has 1 rings (SSSR count). The molecule has 0 aliphatic heterocycles. The lowest BCUT2D eigenvalue weighted by Crippen LogP contribution is -2.45. The van der Waals surface area contributed by atoms with E-state index in [1.165, 1.54) is 5.01 Å². The first kappa shape index (κ1) is 13.3. The summed E-state index contributed by atoms with van der Waals surface area (Å²) in [6.07, 6.45) is 0. The van der Waals surface area contributed by atoms with Crippen LogP contribution in [0.15, 0.2) is 36.5 Å². The first-order valence-corrected chi connectivity index (χ1v) is 5.54. The average Bonchev–Trinajstić information content (AvgIpc) is 2.25. The van der Waals surface area contributed by atoms with E-state index in [2.05, 4.69) is 12.0 Å². The Hall–Kier alpha value is -1.81. The Morgan fingerprint density at radius 3 is 2.47 bits per heavy atom.